The quantitative estimate of drug-likeness (QED) is 0.401. The lowest BCUT2D eigenvalue weighted by Crippen LogP contribution is -2.26. The molecule has 2 N–H and O–H groups in total. The Balaban J connectivity index is 1.69. The minimum atomic E-state index is -0.666. The molecule has 0 aliphatic carbocycles. The third kappa shape index (κ3) is 6.23. The van der Waals surface area contributed by atoms with Gasteiger partial charge in [-0.2, -0.15) is 0 Å². The van der Waals surface area contributed by atoms with Gasteiger partial charge in [0.1, 0.15) is 0 Å². The summed E-state index contributed by atoms with van der Waals surface area (Å²) in [6.07, 6.45) is 0.719. The van der Waals surface area contributed by atoms with Crippen LogP contribution in [0.5, 0.6) is 0 Å². The van der Waals surface area contributed by atoms with E-state index >= 15 is 0 Å². The van der Waals surface area contributed by atoms with Crippen LogP contribution in [-0.4, -0.2) is 37.4 Å². The van der Waals surface area contributed by atoms with Crippen LogP contribution in [0.25, 0.3) is 0 Å². The molecule has 0 aliphatic rings. The van der Waals surface area contributed by atoms with Crippen molar-refractivity contribution in [2.24, 2.45) is 0 Å². The molecular weight excluding hydrogens is 381 g/mol. The molecule has 0 fully saturated rings. The van der Waals surface area contributed by atoms with Gasteiger partial charge in [-0.3, -0.25) is 4.79 Å². The smallest absolute Gasteiger partial charge is 0.251 e. The van der Waals surface area contributed by atoms with E-state index in [1.165, 1.54) is 15.9 Å². The molecule has 4 nitrogen and oxygen atoms in total. The van der Waals surface area contributed by atoms with E-state index in [9.17, 15) is 4.79 Å². The minimum absolute atomic E-state index is 0.0210. The Kier molecular flexibility index (Phi) is 8.39. The Bertz CT molecular complexity index is 830. The molecule has 0 unspecified atom stereocenters. The van der Waals surface area contributed by atoms with Crippen molar-refractivity contribution in [1.82, 2.24) is 5.32 Å². The second-order valence-corrected chi connectivity index (χ2v) is 8.72. The summed E-state index contributed by atoms with van der Waals surface area (Å²) in [6.45, 7) is 1.43. The molecule has 0 heterocycles. The molecular formula is C24H26NO3P. The zero-order valence-corrected chi connectivity index (χ0v) is 17.2. The first-order valence-electron chi connectivity index (χ1n) is 9.76. The number of hydrogen-bond acceptors (Lipinski definition) is 3. The molecule has 0 atom stereocenters. The van der Waals surface area contributed by atoms with E-state index in [4.69, 9.17) is 9.84 Å². The van der Waals surface area contributed by atoms with Crippen LogP contribution in [0.15, 0.2) is 84.9 Å². The highest BCUT2D eigenvalue weighted by Crippen LogP contribution is 2.32. The Hall–Kier alpha value is -2.52. The topological polar surface area (TPSA) is 58.6 Å². The van der Waals surface area contributed by atoms with Gasteiger partial charge in [-0.05, 0) is 42.4 Å². The first-order valence-corrected chi connectivity index (χ1v) is 11.1. The van der Waals surface area contributed by atoms with Crippen LogP contribution in [0.4, 0.5) is 0 Å². The van der Waals surface area contributed by atoms with Crippen LogP contribution < -0.4 is 21.2 Å². The van der Waals surface area contributed by atoms with Crippen molar-refractivity contribution >= 4 is 29.7 Å². The second kappa shape index (κ2) is 11.5. The summed E-state index contributed by atoms with van der Waals surface area (Å²) in [7, 11) is -0.666. The van der Waals surface area contributed by atoms with Crippen LogP contribution in [0.1, 0.15) is 16.8 Å². The fourth-order valence-corrected chi connectivity index (χ4v) is 5.29. The number of carbonyl (C=O) groups is 1. The van der Waals surface area contributed by atoms with Crippen LogP contribution in [0.3, 0.4) is 0 Å². The number of aliphatic hydroxyl groups excluding tert-OH is 1. The van der Waals surface area contributed by atoms with Gasteiger partial charge in [-0.1, -0.05) is 72.8 Å². The maximum absolute atomic E-state index is 12.4. The number of nitrogens with one attached hydrogen (secondary N) is 1. The number of aliphatic hydroxyl groups is 1. The summed E-state index contributed by atoms with van der Waals surface area (Å²) in [6, 6.07) is 28.9. The van der Waals surface area contributed by atoms with Crippen molar-refractivity contribution in [1.29, 1.82) is 0 Å². The van der Waals surface area contributed by atoms with Crippen molar-refractivity contribution in [3.8, 4) is 0 Å². The lowest BCUT2D eigenvalue weighted by molar-refractivity contribution is 0.0867. The minimum Gasteiger partial charge on any atom is -0.394 e. The predicted molar refractivity (Wildman–Crippen MR) is 120 cm³/mol. The van der Waals surface area contributed by atoms with Gasteiger partial charge in [-0.15, -0.1) is 0 Å². The van der Waals surface area contributed by atoms with Gasteiger partial charge in [0.15, 0.2) is 0 Å². The van der Waals surface area contributed by atoms with Gasteiger partial charge in [0, 0.05) is 18.7 Å². The largest absolute Gasteiger partial charge is 0.394 e. The van der Waals surface area contributed by atoms with Gasteiger partial charge < -0.3 is 15.2 Å². The fraction of sp³-hybridized carbons (Fsp3) is 0.208. The Morgan fingerprint density at radius 3 is 1.90 bits per heavy atom. The second-order valence-electron chi connectivity index (χ2n) is 6.50. The molecule has 0 aromatic heterocycles. The van der Waals surface area contributed by atoms with Crippen molar-refractivity contribution in [3.05, 3.63) is 90.5 Å². The molecule has 0 aliphatic heterocycles. The third-order valence-corrected chi connectivity index (χ3v) is 6.85. The summed E-state index contributed by atoms with van der Waals surface area (Å²) in [5.41, 5.74) is 0.654. The molecule has 3 aromatic carbocycles. The van der Waals surface area contributed by atoms with Gasteiger partial charge >= 0.3 is 0 Å². The molecule has 3 rings (SSSR count). The molecule has 1 amide bonds. The monoisotopic (exact) mass is 407 g/mol. The molecule has 150 valence electrons. The molecule has 0 bridgehead atoms. The van der Waals surface area contributed by atoms with Gasteiger partial charge in [0.05, 0.1) is 13.2 Å². The highest BCUT2D eigenvalue weighted by atomic mass is 31.1. The number of rotatable bonds is 10. The maximum Gasteiger partial charge on any atom is 0.251 e. The van der Waals surface area contributed by atoms with Crippen molar-refractivity contribution in [3.63, 3.8) is 0 Å². The average molecular weight is 407 g/mol. The Morgan fingerprint density at radius 2 is 1.34 bits per heavy atom. The zero-order chi connectivity index (χ0) is 20.3. The Labute approximate surface area is 173 Å². The molecule has 0 radical (unpaired) electrons. The maximum atomic E-state index is 12.4. The van der Waals surface area contributed by atoms with E-state index in [-0.39, 0.29) is 12.5 Å². The first kappa shape index (κ1) is 21.2. The van der Waals surface area contributed by atoms with Gasteiger partial charge in [0.25, 0.3) is 5.91 Å². The SMILES string of the molecule is O=C(NCCCOCCO)c1ccc(P(c2ccccc2)c2ccccc2)cc1. The zero-order valence-electron chi connectivity index (χ0n) is 16.3. The summed E-state index contributed by atoms with van der Waals surface area (Å²) in [4.78, 5) is 12.4. The average Bonchev–Trinajstić information content (AvgIpc) is 2.78. The van der Waals surface area contributed by atoms with Crippen molar-refractivity contribution in [2.45, 2.75) is 6.42 Å². The van der Waals surface area contributed by atoms with Crippen LogP contribution in [0.2, 0.25) is 0 Å². The van der Waals surface area contributed by atoms with E-state index in [1.54, 1.807) is 0 Å². The third-order valence-electron chi connectivity index (χ3n) is 4.40. The standard InChI is InChI=1S/C24H26NO3P/c26-17-19-28-18-7-16-25-24(27)20-12-14-23(15-13-20)29(21-8-3-1-4-9-21)22-10-5-2-6-11-22/h1-6,8-15,26H,7,16-19H2,(H,25,27). The lowest BCUT2D eigenvalue weighted by Gasteiger charge is -2.19. The highest BCUT2D eigenvalue weighted by molar-refractivity contribution is 7.79. The fourth-order valence-electron chi connectivity index (χ4n) is 3.01. The van der Waals surface area contributed by atoms with Crippen LogP contribution in [0, 0.1) is 0 Å². The number of carbonyl (C=O) groups excluding carboxylic acids is 1. The van der Waals surface area contributed by atoms with Crippen LogP contribution in [-0.2, 0) is 4.74 Å². The number of hydrogen-bond donors (Lipinski definition) is 2. The first-order chi connectivity index (χ1) is 14.3. The summed E-state index contributed by atoms with van der Waals surface area (Å²) < 4.78 is 5.20. The van der Waals surface area contributed by atoms with Crippen LogP contribution >= 0.6 is 7.92 Å². The Morgan fingerprint density at radius 1 is 0.793 bits per heavy atom. The van der Waals surface area contributed by atoms with Gasteiger partial charge in [0.2, 0.25) is 0 Å². The van der Waals surface area contributed by atoms with E-state index in [2.05, 4.69) is 66.0 Å². The van der Waals surface area contributed by atoms with E-state index < -0.39 is 7.92 Å². The molecule has 3 aromatic rings. The predicted octanol–water partition coefficient (Wildman–Crippen LogP) is 2.57. The summed E-state index contributed by atoms with van der Waals surface area (Å²) in [5.74, 6) is -0.0811. The molecule has 29 heavy (non-hydrogen) atoms. The normalized spacial score (nSPS) is 10.8. The molecule has 5 heteroatoms. The number of benzene rings is 3. The summed E-state index contributed by atoms with van der Waals surface area (Å²) in [5, 5.41) is 15.4. The molecule has 0 spiro atoms. The van der Waals surface area contributed by atoms with E-state index in [0.29, 0.717) is 25.3 Å². The van der Waals surface area contributed by atoms with E-state index in [0.717, 1.165) is 6.42 Å². The van der Waals surface area contributed by atoms with Gasteiger partial charge in [-0.25, -0.2) is 0 Å². The molecule has 0 saturated carbocycles. The highest BCUT2D eigenvalue weighted by Gasteiger charge is 2.16. The lowest BCUT2D eigenvalue weighted by atomic mass is 10.2. The van der Waals surface area contributed by atoms with E-state index in [1.807, 2.05) is 24.3 Å². The number of ether oxygens (including phenoxy) is 1. The number of amides is 1. The summed E-state index contributed by atoms with van der Waals surface area (Å²) >= 11 is 0. The molecule has 0 saturated heterocycles. The van der Waals surface area contributed by atoms with Crippen molar-refractivity contribution in [2.75, 3.05) is 26.4 Å². The van der Waals surface area contributed by atoms with Crippen molar-refractivity contribution < 1.29 is 14.6 Å².